The molecule has 1 aliphatic carbocycles. The fourth-order valence-electron chi connectivity index (χ4n) is 4.76. The lowest BCUT2D eigenvalue weighted by molar-refractivity contribution is -0.898. The van der Waals surface area contributed by atoms with Crippen molar-refractivity contribution >= 4 is 17.5 Å². The second-order valence-electron chi connectivity index (χ2n) is 8.31. The minimum absolute atomic E-state index is 0.0217. The minimum Gasteiger partial charge on any atom is -0.489 e. The summed E-state index contributed by atoms with van der Waals surface area (Å²) in [5.74, 6) is 0.0268. The zero-order chi connectivity index (χ0) is 21.7. The van der Waals surface area contributed by atoms with E-state index in [9.17, 15) is 14.4 Å². The highest BCUT2D eigenvalue weighted by molar-refractivity contribution is 6.04. The van der Waals surface area contributed by atoms with Crippen LogP contribution in [0.5, 0.6) is 0 Å². The third-order valence-electron chi connectivity index (χ3n) is 6.57. The van der Waals surface area contributed by atoms with Crippen LogP contribution in [-0.4, -0.2) is 66.5 Å². The molecular formula is C23H31N2O5+. The van der Waals surface area contributed by atoms with Gasteiger partial charge in [-0.05, 0) is 12.8 Å². The van der Waals surface area contributed by atoms with Gasteiger partial charge in [0.1, 0.15) is 6.20 Å². The third kappa shape index (κ3) is 4.47. The summed E-state index contributed by atoms with van der Waals surface area (Å²) in [4.78, 5) is 38.1. The molecule has 7 nitrogen and oxygen atoms in total. The van der Waals surface area contributed by atoms with Crippen molar-refractivity contribution in [3.8, 4) is 0 Å². The van der Waals surface area contributed by atoms with Crippen LogP contribution in [-0.2, 0) is 14.3 Å². The lowest BCUT2D eigenvalue weighted by Gasteiger charge is -2.42. The van der Waals surface area contributed by atoms with Crippen molar-refractivity contribution in [3.05, 3.63) is 47.9 Å². The normalized spacial score (nSPS) is 28.7. The summed E-state index contributed by atoms with van der Waals surface area (Å²) >= 11 is 0. The number of hydrogen-bond donors (Lipinski definition) is 2. The van der Waals surface area contributed by atoms with Crippen molar-refractivity contribution in [2.24, 2.45) is 5.92 Å². The Labute approximate surface area is 177 Å². The van der Waals surface area contributed by atoms with Crippen LogP contribution in [0, 0.1) is 5.92 Å². The van der Waals surface area contributed by atoms with E-state index in [4.69, 9.17) is 9.84 Å². The number of quaternary nitrogens is 1. The van der Waals surface area contributed by atoms with Gasteiger partial charge < -0.3 is 15.2 Å². The van der Waals surface area contributed by atoms with Crippen LogP contribution in [0.25, 0.3) is 0 Å². The molecule has 0 saturated heterocycles. The van der Waals surface area contributed by atoms with Crippen molar-refractivity contribution < 1.29 is 28.7 Å². The Morgan fingerprint density at radius 2 is 1.83 bits per heavy atom. The molecule has 1 aromatic carbocycles. The smallest absolute Gasteiger partial charge is 0.260 e. The molecule has 30 heavy (non-hydrogen) atoms. The number of hydrogen-bond acceptors (Lipinski definition) is 5. The van der Waals surface area contributed by atoms with E-state index in [1.54, 1.807) is 12.1 Å². The summed E-state index contributed by atoms with van der Waals surface area (Å²) in [6, 6.07) is 8.66. The van der Waals surface area contributed by atoms with Gasteiger partial charge in [-0.15, -0.1) is 0 Å². The maximum atomic E-state index is 13.0. The second kappa shape index (κ2) is 9.53. The van der Waals surface area contributed by atoms with Gasteiger partial charge in [0.25, 0.3) is 5.78 Å². The first-order chi connectivity index (χ1) is 14.4. The van der Waals surface area contributed by atoms with E-state index >= 15 is 0 Å². The number of methoxy groups -OCH3 is 1. The van der Waals surface area contributed by atoms with Crippen LogP contribution >= 0.6 is 0 Å². The number of benzene rings is 1. The third-order valence-corrected chi connectivity index (χ3v) is 6.57. The lowest BCUT2D eigenvalue weighted by Crippen LogP contribution is -2.56. The van der Waals surface area contributed by atoms with Gasteiger partial charge in [0.2, 0.25) is 11.7 Å². The van der Waals surface area contributed by atoms with E-state index < -0.39 is 6.04 Å². The highest BCUT2D eigenvalue weighted by Gasteiger charge is 2.52. The molecule has 2 N–H and O–H groups in total. The lowest BCUT2D eigenvalue weighted by atomic mass is 9.83. The minimum atomic E-state index is -0.516. The number of rotatable bonds is 8. The molecule has 1 aromatic rings. The fraction of sp³-hybridized carbons (Fsp3) is 0.522. The molecule has 1 saturated carbocycles. The zero-order valence-corrected chi connectivity index (χ0v) is 17.7. The molecular weight excluding hydrogens is 384 g/mol. The molecule has 7 heteroatoms. The molecule has 0 aromatic heterocycles. The van der Waals surface area contributed by atoms with Crippen LogP contribution in [0.3, 0.4) is 0 Å². The molecule has 1 aliphatic heterocycles. The summed E-state index contributed by atoms with van der Waals surface area (Å²) in [7, 11) is 3.47. The molecule has 2 atom stereocenters. The molecule has 2 aliphatic rings. The largest absolute Gasteiger partial charge is 0.489 e. The number of ketones is 2. The van der Waals surface area contributed by atoms with Gasteiger partial charge in [-0.25, -0.2) is 0 Å². The van der Waals surface area contributed by atoms with E-state index in [1.165, 1.54) is 7.11 Å². The molecule has 0 radical (unpaired) electrons. The summed E-state index contributed by atoms with van der Waals surface area (Å²) in [6.45, 7) is 0.199. The Hall–Kier alpha value is -2.51. The van der Waals surface area contributed by atoms with Gasteiger partial charge in [-0.3, -0.25) is 18.9 Å². The molecule has 162 valence electrons. The standard InChI is InChI=1S/C23H30N2O5/c1-25(18-10-8-17(9-11-18)23(29)24-12-13-26)15-21(30-2)22(28)19(25)14-20(27)16-6-4-3-5-7-16/h3-7,15,17-19,26H,8-14H2,1-2H3/p+1/t17?,18?,19-,25+/m1/s1. The molecule has 1 fully saturated rings. The first-order valence-corrected chi connectivity index (χ1v) is 10.5. The van der Waals surface area contributed by atoms with E-state index in [0.29, 0.717) is 15.8 Å². The van der Waals surface area contributed by atoms with Crippen molar-refractivity contribution in [3.63, 3.8) is 0 Å². The van der Waals surface area contributed by atoms with Crippen LogP contribution in [0.1, 0.15) is 42.5 Å². The first-order valence-electron chi connectivity index (χ1n) is 10.5. The average Bonchev–Trinajstić information content (AvgIpc) is 3.03. The van der Waals surface area contributed by atoms with E-state index in [0.717, 1.165) is 25.7 Å². The topological polar surface area (TPSA) is 92.7 Å². The number of amides is 1. The van der Waals surface area contributed by atoms with Gasteiger partial charge in [0.05, 0.1) is 33.2 Å². The molecule has 0 spiro atoms. The predicted octanol–water partition coefficient (Wildman–Crippen LogP) is 1.81. The van der Waals surface area contributed by atoms with Crippen molar-refractivity contribution in [2.45, 2.75) is 44.2 Å². The number of ether oxygens (including phenoxy) is 1. The Kier molecular flexibility index (Phi) is 7.05. The number of likely N-dealkylation sites (N-methyl/N-ethyl adjacent to an activating group) is 1. The SMILES string of the molecule is COC1=C[N@@+](C)(C2CCC(C(=O)NCCO)CC2)[C@H](CC(=O)c2ccccc2)C1=O. The summed E-state index contributed by atoms with van der Waals surface area (Å²) in [6.07, 6.45) is 4.98. The molecule has 1 amide bonds. The number of aliphatic hydroxyl groups excluding tert-OH is 1. The van der Waals surface area contributed by atoms with E-state index in [-0.39, 0.29) is 49.0 Å². The van der Waals surface area contributed by atoms with Crippen molar-refractivity contribution in [1.29, 1.82) is 0 Å². The molecule has 3 rings (SSSR count). The van der Waals surface area contributed by atoms with Gasteiger partial charge in [0, 0.05) is 30.9 Å². The van der Waals surface area contributed by atoms with Crippen LogP contribution in [0.15, 0.2) is 42.3 Å². The number of nitrogens with zero attached hydrogens (tertiary/aromatic N) is 1. The summed E-state index contributed by atoms with van der Waals surface area (Å²) in [5.41, 5.74) is 0.604. The van der Waals surface area contributed by atoms with Gasteiger partial charge in [-0.1, -0.05) is 30.3 Å². The van der Waals surface area contributed by atoms with Crippen LogP contribution in [0.2, 0.25) is 0 Å². The maximum Gasteiger partial charge on any atom is 0.260 e. The Balaban J connectivity index is 1.73. The highest BCUT2D eigenvalue weighted by Crippen LogP contribution is 2.39. The van der Waals surface area contributed by atoms with Gasteiger partial charge in [0.15, 0.2) is 11.8 Å². The number of carbonyl (C=O) groups excluding carboxylic acids is 3. The number of nitrogens with one attached hydrogen (secondary N) is 1. The second-order valence-corrected chi connectivity index (χ2v) is 8.31. The Morgan fingerprint density at radius 3 is 2.43 bits per heavy atom. The van der Waals surface area contributed by atoms with Crippen molar-refractivity contribution in [2.75, 3.05) is 27.3 Å². The summed E-state index contributed by atoms with van der Waals surface area (Å²) < 4.78 is 5.67. The van der Waals surface area contributed by atoms with Crippen LogP contribution in [0.4, 0.5) is 0 Å². The summed E-state index contributed by atoms with van der Waals surface area (Å²) in [5, 5.41) is 11.6. The molecule has 0 bridgehead atoms. The molecule has 0 unspecified atom stereocenters. The van der Waals surface area contributed by atoms with Crippen LogP contribution < -0.4 is 5.32 Å². The van der Waals surface area contributed by atoms with Crippen molar-refractivity contribution in [1.82, 2.24) is 5.32 Å². The Bertz CT molecular complexity index is 814. The average molecular weight is 416 g/mol. The van der Waals surface area contributed by atoms with E-state index in [1.807, 2.05) is 31.4 Å². The highest BCUT2D eigenvalue weighted by atomic mass is 16.5. The van der Waals surface area contributed by atoms with E-state index in [2.05, 4.69) is 5.32 Å². The fourth-order valence-corrected chi connectivity index (χ4v) is 4.76. The Morgan fingerprint density at radius 1 is 1.17 bits per heavy atom. The van der Waals surface area contributed by atoms with Gasteiger partial charge >= 0.3 is 0 Å². The number of carbonyl (C=O) groups is 3. The first kappa shape index (κ1) is 22.2. The zero-order valence-electron chi connectivity index (χ0n) is 17.7. The number of Topliss-reactive ketones (excluding diaryl/α,β-unsaturated/α-hetero) is 2. The monoisotopic (exact) mass is 415 g/mol. The van der Waals surface area contributed by atoms with Gasteiger partial charge in [-0.2, -0.15) is 0 Å². The maximum absolute atomic E-state index is 13.0. The number of aliphatic hydroxyl groups is 1. The molecule has 1 heterocycles. The quantitative estimate of drug-likeness (QED) is 0.499. The predicted molar refractivity (Wildman–Crippen MR) is 111 cm³/mol.